The molecule has 2 unspecified atom stereocenters. The predicted molar refractivity (Wildman–Crippen MR) is 61.5 cm³/mol. The molecule has 0 amide bonds. The fourth-order valence-corrected chi connectivity index (χ4v) is 2.94. The molecule has 0 spiro atoms. The maximum absolute atomic E-state index is 9.29. The highest BCUT2D eigenvalue weighted by Gasteiger charge is 2.28. The van der Waals surface area contributed by atoms with Crippen molar-refractivity contribution in [2.45, 2.75) is 50.6 Å². The van der Waals surface area contributed by atoms with Crippen LogP contribution in [0.3, 0.4) is 0 Å². The first-order valence-electron chi connectivity index (χ1n) is 6.39. The van der Waals surface area contributed by atoms with E-state index < -0.39 is 0 Å². The number of hydrogen-bond acceptors (Lipinski definition) is 3. The topological polar surface area (TPSA) is 58.3 Å². The van der Waals surface area contributed by atoms with Gasteiger partial charge in [-0.3, -0.25) is 0 Å². The lowest BCUT2D eigenvalue weighted by atomic mass is 9.79. The van der Waals surface area contributed by atoms with E-state index in [0.717, 1.165) is 19.4 Å². The van der Waals surface area contributed by atoms with Gasteiger partial charge in [0.15, 0.2) is 0 Å². The number of hydrogen-bond donors (Lipinski definition) is 3. The van der Waals surface area contributed by atoms with Gasteiger partial charge in [-0.15, -0.1) is 0 Å². The molecule has 2 rings (SSSR count). The average molecular weight is 212 g/mol. The number of rotatable bonds is 4. The van der Waals surface area contributed by atoms with Crippen molar-refractivity contribution < 1.29 is 5.11 Å². The van der Waals surface area contributed by atoms with Crippen molar-refractivity contribution in [2.75, 3.05) is 13.2 Å². The van der Waals surface area contributed by atoms with Gasteiger partial charge in [-0.05, 0) is 44.1 Å². The molecule has 2 aliphatic carbocycles. The van der Waals surface area contributed by atoms with Crippen LogP contribution in [0.4, 0.5) is 0 Å². The average Bonchev–Trinajstić information content (AvgIpc) is 2.23. The second-order valence-corrected chi connectivity index (χ2v) is 5.32. The maximum Gasteiger partial charge on any atom is 0.0462 e. The summed E-state index contributed by atoms with van der Waals surface area (Å²) in [6.07, 6.45) is 7.42. The van der Waals surface area contributed by atoms with Crippen LogP contribution in [0.15, 0.2) is 0 Å². The van der Waals surface area contributed by atoms with Gasteiger partial charge in [0.05, 0.1) is 0 Å². The maximum atomic E-state index is 9.29. The van der Waals surface area contributed by atoms with E-state index in [1.165, 1.54) is 25.7 Å². The fourth-order valence-electron chi connectivity index (χ4n) is 2.94. The molecule has 0 radical (unpaired) electrons. The van der Waals surface area contributed by atoms with Crippen molar-refractivity contribution >= 4 is 0 Å². The highest BCUT2D eigenvalue weighted by molar-refractivity contribution is 4.88. The highest BCUT2D eigenvalue weighted by Crippen LogP contribution is 2.29. The van der Waals surface area contributed by atoms with E-state index in [4.69, 9.17) is 5.73 Å². The van der Waals surface area contributed by atoms with Crippen molar-refractivity contribution in [3.05, 3.63) is 0 Å². The second-order valence-electron chi connectivity index (χ2n) is 5.32. The number of nitrogens with two attached hydrogens (primary N) is 1. The Labute approximate surface area is 92.4 Å². The lowest BCUT2D eigenvalue weighted by molar-refractivity contribution is 0.126. The van der Waals surface area contributed by atoms with Gasteiger partial charge in [0, 0.05) is 18.7 Å². The number of aliphatic hydroxyl groups is 1. The largest absolute Gasteiger partial charge is 0.396 e. The Bertz CT molecular complexity index is 192. The quantitative estimate of drug-likeness (QED) is 0.648. The van der Waals surface area contributed by atoms with Crippen LogP contribution in [-0.2, 0) is 0 Å². The highest BCUT2D eigenvalue weighted by atomic mass is 16.3. The summed E-state index contributed by atoms with van der Waals surface area (Å²) in [4.78, 5) is 0. The Morgan fingerprint density at radius 2 is 1.80 bits per heavy atom. The van der Waals surface area contributed by atoms with Gasteiger partial charge in [-0.25, -0.2) is 0 Å². The van der Waals surface area contributed by atoms with Crippen LogP contribution in [-0.4, -0.2) is 30.3 Å². The van der Waals surface area contributed by atoms with E-state index in [0.29, 0.717) is 30.5 Å². The first-order chi connectivity index (χ1) is 7.29. The van der Waals surface area contributed by atoms with E-state index in [1.807, 2.05) is 0 Å². The SMILES string of the molecule is NC1CC(NCC2CCCCC2CO)C1. The molecule has 2 aliphatic rings. The molecule has 15 heavy (non-hydrogen) atoms. The van der Waals surface area contributed by atoms with Crippen molar-refractivity contribution in [2.24, 2.45) is 17.6 Å². The zero-order valence-corrected chi connectivity index (χ0v) is 9.49. The van der Waals surface area contributed by atoms with Gasteiger partial charge >= 0.3 is 0 Å². The third kappa shape index (κ3) is 2.92. The van der Waals surface area contributed by atoms with Crippen molar-refractivity contribution in [3.8, 4) is 0 Å². The normalized spacial score (nSPS) is 41.2. The Morgan fingerprint density at radius 1 is 1.13 bits per heavy atom. The summed E-state index contributed by atoms with van der Waals surface area (Å²) in [5.74, 6) is 1.24. The van der Waals surface area contributed by atoms with Crippen molar-refractivity contribution in [1.29, 1.82) is 0 Å². The molecule has 2 saturated carbocycles. The minimum atomic E-state index is 0.372. The summed E-state index contributed by atoms with van der Waals surface area (Å²) in [7, 11) is 0. The summed E-state index contributed by atoms with van der Waals surface area (Å²) < 4.78 is 0. The molecule has 0 aromatic carbocycles. The number of aliphatic hydroxyl groups excluding tert-OH is 1. The van der Waals surface area contributed by atoms with E-state index in [9.17, 15) is 5.11 Å². The number of nitrogens with one attached hydrogen (secondary N) is 1. The molecular weight excluding hydrogens is 188 g/mol. The van der Waals surface area contributed by atoms with Crippen LogP contribution in [0.1, 0.15) is 38.5 Å². The minimum Gasteiger partial charge on any atom is -0.396 e. The minimum absolute atomic E-state index is 0.372. The lowest BCUT2D eigenvalue weighted by Gasteiger charge is -2.37. The lowest BCUT2D eigenvalue weighted by Crippen LogP contribution is -2.50. The molecule has 3 nitrogen and oxygen atoms in total. The first kappa shape index (κ1) is 11.4. The van der Waals surface area contributed by atoms with Crippen LogP contribution in [0.5, 0.6) is 0 Å². The van der Waals surface area contributed by atoms with E-state index in [2.05, 4.69) is 5.32 Å². The van der Waals surface area contributed by atoms with Gasteiger partial charge in [0.2, 0.25) is 0 Å². The molecule has 0 aromatic rings. The molecule has 0 aliphatic heterocycles. The van der Waals surface area contributed by atoms with Crippen LogP contribution in [0, 0.1) is 11.8 Å². The zero-order valence-electron chi connectivity index (χ0n) is 9.49. The molecule has 2 atom stereocenters. The van der Waals surface area contributed by atoms with Gasteiger partial charge in [0.1, 0.15) is 0 Å². The Balaban J connectivity index is 1.68. The second kappa shape index (κ2) is 5.28. The molecule has 0 heterocycles. The fraction of sp³-hybridized carbons (Fsp3) is 1.00. The van der Waals surface area contributed by atoms with Gasteiger partial charge < -0.3 is 16.2 Å². The van der Waals surface area contributed by atoms with E-state index in [1.54, 1.807) is 0 Å². The van der Waals surface area contributed by atoms with E-state index >= 15 is 0 Å². The molecule has 0 saturated heterocycles. The van der Waals surface area contributed by atoms with Crippen LogP contribution in [0.2, 0.25) is 0 Å². The summed E-state index contributed by atoms with van der Waals surface area (Å²) in [5.41, 5.74) is 5.75. The molecule has 0 aromatic heterocycles. The molecular formula is C12H24N2O. The molecule has 88 valence electrons. The smallest absolute Gasteiger partial charge is 0.0462 e. The summed E-state index contributed by atoms with van der Waals surface area (Å²) in [6.45, 7) is 1.46. The van der Waals surface area contributed by atoms with Gasteiger partial charge in [0.25, 0.3) is 0 Å². The van der Waals surface area contributed by atoms with Gasteiger partial charge in [-0.2, -0.15) is 0 Å². The third-order valence-electron chi connectivity index (χ3n) is 4.14. The third-order valence-corrected chi connectivity index (χ3v) is 4.14. The van der Waals surface area contributed by atoms with Crippen LogP contribution in [0.25, 0.3) is 0 Å². The monoisotopic (exact) mass is 212 g/mol. The summed E-state index contributed by atoms with van der Waals surface area (Å²) >= 11 is 0. The molecule has 0 bridgehead atoms. The summed E-state index contributed by atoms with van der Waals surface area (Å²) in [6, 6.07) is 1.09. The van der Waals surface area contributed by atoms with E-state index in [-0.39, 0.29) is 0 Å². The molecule has 4 N–H and O–H groups in total. The predicted octanol–water partition coefficient (Wildman–Crippen LogP) is 0.864. The zero-order chi connectivity index (χ0) is 10.7. The van der Waals surface area contributed by atoms with Crippen LogP contribution >= 0.6 is 0 Å². The Morgan fingerprint density at radius 3 is 2.40 bits per heavy atom. The molecule has 3 heteroatoms. The van der Waals surface area contributed by atoms with Crippen LogP contribution < -0.4 is 11.1 Å². The Hall–Kier alpha value is -0.120. The standard InChI is InChI=1S/C12H24N2O/c13-11-5-12(6-11)14-7-9-3-1-2-4-10(9)8-15/h9-12,14-15H,1-8,13H2. The van der Waals surface area contributed by atoms with Gasteiger partial charge in [-0.1, -0.05) is 12.8 Å². The van der Waals surface area contributed by atoms with Crippen molar-refractivity contribution in [1.82, 2.24) is 5.32 Å². The molecule has 2 fully saturated rings. The summed E-state index contributed by atoms with van der Waals surface area (Å²) in [5, 5.41) is 12.9. The first-order valence-corrected chi connectivity index (χ1v) is 6.39. The Kier molecular flexibility index (Phi) is 4.00. The van der Waals surface area contributed by atoms with Crippen molar-refractivity contribution in [3.63, 3.8) is 0 Å².